The predicted molar refractivity (Wildman–Crippen MR) is 159 cm³/mol. The molecule has 2 bridgehead atoms. The van der Waals surface area contributed by atoms with Crippen LogP contribution in [0.4, 0.5) is 0 Å². The summed E-state index contributed by atoms with van der Waals surface area (Å²) in [5.41, 5.74) is 3.34. The van der Waals surface area contributed by atoms with Crippen molar-refractivity contribution in [2.45, 2.75) is 75.2 Å². The van der Waals surface area contributed by atoms with Crippen LogP contribution in [-0.4, -0.2) is 74.0 Å². The van der Waals surface area contributed by atoms with Gasteiger partial charge in [-0.2, -0.15) is 5.26 Å². The average molecular weight is 544 g/mol. The van der Waals surface area contributed by atoms with Crippen LogP contribution >= 0.6 is 0 Å². The van der Waals surface area contributed by atoms with Crippen LogP contribution < -0.4 is 9.47 Å². The lowest BCUT2D eigenvalue weighted by Crippen LogP contribution is -2.64. The molecule has 2 aromatic carbocycles. The Labute approximate surface area is 240 Å². The summed E-state index contributed by atoms with van der Waals surface area (Å²) < 4.78 is 11.8. The van der Waals surface area contributed by atoms with E-state index in [1.807, 2.05) is 30.3 Å². The zero-order valence-corrected chi connectivity index (χ0v) is 25.1. The van der Waals surface area contributed by atoms with Gasteiger partial charge in [0.05, 0.1) is 18.6 Å². The van der Waals surface area contributed by atoms with Gasteiger partial charge in [-0.05, 0) is 77.0 Å². The predicted octanol–water partition coefficient (Wildman–Crippen LogP) is 4.95. The zero-order chi connectivity index (χ0) is 28.8. The van der Waals surface area contributed by atoms with Crippen molar-refractivity contribution in [3.05, 3.63) is 71.3 Å². The maximum absolute atomic E-state index is 10.6. The van der Waals surface area contributed by atoms with E-state index < -0.39 is 11.5 Å². The van der Waals surface area contributed by atoms with Crippen molar-refractivity contribution in [3.8, 4) is 17.6 Å². The normalized spacial score (nSPS) is 29.9. The first kappa shape index (κ1) is 28.7. The summed E-state index contributed by atoms with van der Waals surface area (Å²) in [4.78, 5) is 4.65. The van der Waals surface area contributed by atoms with Gasteiger partial charge in [0.1, 0.15) is 12.2 Å². The molecule has 6 nitrogen and oxygen atoms in total. The minimum absolute atomic E-state index is 0.0806. The molecular weight excluding hydrogens is 498 g/mol. The number of nitriles is 1. The van der Waals surface area contributed by atoms with Crippen molar-refractivity contribution in [2.24, 2.45) is 11.8 Å². The van der Waals surface area contributed by atoms with E-state index in [0.717, 1.165) is 42.9 Å². The van der Waals surface area contributed by atoms with Crippen LogP contribution in [0.3, 0.4) is 0 Å². The van der Waals surface area contributed by atoms with E-state index in [1.54, 1.807) is 7.11 Å². The quantitative estimate of drug-likeness (QED) is 0.521. The molecule has 2 heterocycles. The molecule has 4 aliphatic rings. The number of rotatable bonds is 6. The second kappa shape index (κ2) is 10.9. The van der Waals surface area contributed by atoms with E-state index in [2.05, 4.69) is 82.1 Å². The van der Waals surface area contributed by atoms with Crippen molar-refractivity contribution in [2.75, 3.05) is 34.8 Å². The highest BCUT2D eigenvalue weighted by Gasteiger charge is 2.64. The highest BCUT2D eigenvalue weighted by atomic mass is 16.5. The van der Waals surface area contributed by atoms with Crippen molar-refractivity contribution in [1.82, 2.24) is 9.80 Å². The van der Waals surface area contributed by atoms with E-state index in [-0.39, 0.29) is 11.5 Å². The van der Waals surface area contributed by atoms with Crippen LogP contribution in [0.2, 0.25) is 0 Å². The Morgan fingerprint density at radius 1 is 1.18 bits per heavy atom. The van der Waals surface area contributed by atoms with Gasteiger partial charge in [0.2, 0.25) is 0 Å². The fourth-order valence-corrected chi connectivity index (χ4v) is 7.70. The Morgan fingerprint density at radius 2 is 1.90 bits per heavy atom. The number of methoxy groups -OCH3 is 1. The molecule has 6 rings (SSSR count). The molecule has 1 spiro atoms. The molecule has 0 aromatic heterocycles. The Hall–Kier alpha value is -2.85. The standard InChI is InChI=1S/C18H21NO3.C16H24N2/c1-19-8-7-18-11-4-5-13(20)17(18)22-16-14(21-2)6-3-10(15(16)18)9-12(11)19;1-13(2)16(12-17,11-14(3)18(4)5)15-9-7-6-8-10-15/h3-6,11-13,17,20H,7-9H2,1-2H3;6-10,13-14H,11H2,1-5H3/t11-,12+,13-,17-,18-;/m0./s1. The maximum Gasteiger partial charge on any atom is 0.165 e. The Morgan fingerprint density at radius 3 is 2.52 bits per heavy atom. The Bertz CT molecular complexity index is 1290. The molecule has 0 saturated carbocycles. The summed E-state index contributed by atoms with van der Waals surface area (Å²) in [7, 11) is 8.04. The number of ether oxygens (including phenoxy) is 2. The SMILES string of the molecule is CC(CC(C#N)(c1ccccc1)C(C)C)N(C)C.COc1ccc2c3c1O[C@H]1[C@@H](O)C=C[C@H]4[C@@H](C2)N(C)CC[C@@]341. The van der Waals surface area contributed by atoms with Crippen molar-refractivity contribution in [3.63, 3.8) is 0 Å². The summed E-state index contributed by atoms with van der Waals surface area (Å²) in [6, 6.07) is 17.9. The van der Waals surface area contributed by atoms with Gasteiger partial charge >= 0.3 is 0 Å². The van der Waals surface area contributed by atoms with Gasteiger partial charge in [-0.25, -0.2) is 0 Å². The van der Waals surface area contributed by atoms with Gasteiger partial charge in [-0.15, -0.1) is 0 Å². The van der Waals surface area contributed by atoms with E-state index in [4.69, 9.17) is 9.47 Å². The summed E-state index contributed by atoms with van der Waals surface area (Å²) in [5, 5.41) is 20.3. The number of hydrogen-bond donors (Lipinski definition) is 1. The van der Waals surface area contributed by atoms with Crippen LogP contribution in [0.15, 0.2) is 54.6 Å². The van der Waals surface area contributed by atoms with Gasteiger partial charge in [-0.3, -0.25) is 0 Å². The minimum Gasteiger partial charge on any atom is -0.493 e. The number of benzene rings is 2. The number of aliphatic hydroxyl groups excluding tert-OH is 1. The smallest absolute Gasteiger partial charge is 0.165 e. The van der Waals surface area contributed by atoms with Gasteiger partial charge in [0, 0.05) is 29.0 Å². The first-order chi connectivity index (χ1) is 19.1. The topological polar surface area (TPSA) is 69.0 Å². The van der Waals surface area contributed by atoms with Crippen molar-refractivity contribution >= 4 is 0 Å². The van der Waals surface area contributed by atoms with E-state index in [0.29, 0.717) is 23.9 Å². The third-order valence-corrected chi connectivity index (χ3v) is 10.3. The number of piperidine rings is 1. The van der Waals surface area contributed by atoms with E-state index in [1.165, 1.54) is 11.1 Å². The third-order valence-electron chi connectivity index (χ3n) is 10.3. The lowest BCUT2D eigenvalue weighted by molar-refractivity contribution is -0.0453. The molecule has 7 atom stereocenters. The molecule has 1 fully saturated rings. The Balaban J connectivity index is 0.000000166. The third kappa shape index (κ3) is 4.34. The number of hydrogen-bond acceptors (Lipinski definition) is 6. The van der Waals surface area contributed by atoms with E-state index >= 15 is 0 Å². The largest absolute Gasteiger partial charge is 0.493 e. The molecule has 2 aliphatic carbocycles. The number of nitrogens with zero attached hydrogens (tertiary/aromatic N) is 3. The average Bonchev–Trinajstić information content (AvgIpc) is 3.31. The zero-order valence-electron chi connectivity index (χ0n) is 25.1. The molecule has 6 heteroatoms. The van der Waals surface area contributed by atoms with Crippen LogP contribution in [0.5, 0.6) is 11.5 Å². The van der Waals surface area contributed by atoms with Crippen molar-refractivity contribution in [1.29, 1.82) is 5.26 Å². The fraction of sp³-hybridized carbons (Fsp3) is 0.559. The maximum atomic E-state index is 10.6. The summed E-state index contributed by atoms with van der Waals surface area (Å²) in [6.45, 7) is 7.51. The highest BCUT2D eigenvalue weighted by molar-refractivity contribution is 5.62. The Kier molecular flexibility index (Phi) is 7.78. The molecule has 2 unspecified atom stereocenters. The molecule has 0 radical (unpaired) electrons. The van der Waals surface area contributed by atoms with E-state index in [9.17, 15) is 10.4 Å². The molecular formula is C34H45N3O3. The number of likely N-dealkylation sites (N-methyl/N-ethyl adjacent to an activating group) is 1. The number of aliphatic hydroxyl groups is 1. The van der Waals surface area contributed by atoms with Crippen LogP contribution in [-0.2, 0) is 17.3 Å². The van der Waals surface area contributed by atoms with Crippen LogP contribution in [0, 0.1) is 23.2 Å². The summed E-state index contributed by atoms with van der Waals surface area (Å²) in [6.07, 6.45) is 6.40. The summed E-state index contributed by atoms with van der Waals surface area (Å²) in [5.74, 6) is 2.39. The fourth-order valence-electron chi connectivity index (χ4n) is 7.70. The molecule has 1 saturated heterocycles. The lowest BCUT2D eigenvalue weighted by atomic mass is 9.53. The first-order valence-electron chi connectivity index (χ1n) is 14.7. The highest BCUT2D eigenvalue weighted by Crippen LogP contribution is 2.62. The molecule has 2 aliphatic heterocycles. The second-order valence-electron chi connectivity index (χ2n) is 12.7. The molecule has 214 valence electrons. The molecule has 2 aromatic rings. The number of likely N-dealkylation sites (tertiary alicyclic amines) is 1. The van der Waals surface area contributed by atoms with Gasteiger partial charge in [-0.1, -0.05) is 62.4 Å². The van der Waals surface area contributed by atoms with Gasteiger partial charge < -0.3 is 24.4 Å². The van der Waals surface area contributed by atoms with Crippen LogP contribution in [0.1, 0.15) is 50.3 Å². The second-order valence-corrected chi connectivity index (χ2v) is 12.7. The molecule has 40 heavy (non-hydrogen) atoms. The van der Waals surface area contributed by atoms with Gasteiger partial charge in [0.25, 0.3) is 0 Å². The first-order valence-corrected chi connectivity index (χ1v) is 14.7. The molecule has 1 N–H and O–H groups in total. The van der Waals surface area contributed by atoms with Gasteiger partial charge in [0.15, 0.2) is 11.5 Å². The lowest BCUT2D eigenvalue weighted by Gasteiger charge is -2.56. The molecule has 0 amide bonds. The summed E-state index contributed by atoms with van der Waals surface area (Å²) >= 11 is 0. The van der Waals surface area contributed by atoms with Crippen LogP contribution in [0.25, 0.3) is 0 Å². The van der Waals surface area contributed by atoms with Crippen molar-refractivity contribution < 1.29 is 14.6 Å². The minimum atomic E-state index is -0.539. The monoisotopic (exact) mass is 543 g/mol.